The number of amides is 3. The fourth-order valence-electron chi connectivity index (χ4n) is 4.33. The molecule has 1 aliphatic rings. The molecule has 2 heterocycles. The zero-order chi connectivity index (χ0) is 25.2. The minimum absolute atomic E-state index is 0.172. The molecule has 5 rings (SSSR count). The maximum atomic E-state index is 13.4. The van der Waals surface area contributed by atoms with E-state index in [9.17, 15) is 14.4 Å². The topological polar surface area (TPSA) is 93.5 Å². The number of imide groups is 1. The molecule has 0 aliphatic carbocycles. The van der Waals surface area contributed by atoms with Gasteiger partial charge in [0.2, 0.25) is 0 Å². The number of benzene rings is 3. The Labute approximate surface area is 208 Å². The van der Waals surface area contributed by atoms with Crippen LogP contribution in [0.4, 0.5) is 0 Å². The molecule has 3 aromatic carbocycles. The van der Waals surface area contributed by atoms with Crippen LogP contribution in [0.5, 0.6) is 5.75 Å². The van der Waals surface area contributed by atoms with Gasteiger partial charge in [-0.3, -0.25) is 19.3 Å². The van der Waals surface area contributed by atoms with Crippen molar-refractivity contribution in [2.45, 2.75) is 12.6 Å². The lowest BCUT2D eigenvalue weighted by Crippen LogP contribution is -2.31. The summed E-state index contributed by atoms with van der Waals surface area (Å²) >= 11 is 0. The number of aryl methyl sites for hydroxylation is 1. The number of aromatic nitrogens is 2. The Morgan fingerprint density at radius 1 is 0.972 bits per heavy atom. The summed E-state index contributed by atoms with van der Waals surface area (Å²) in [6, 6.07) is 20.7. The zero-order valence-electron chi connectivity index (χ0n) is 19.8. The predicted octanol–water partition coefficient (Wildman–Crippen LogP) is 3.74. The van der Waals surface area contributed by atoms with Gasteiger partial charge in [0.1, 0.15) is 17.6 Å². The average Bonchev–Trinajstić information content (AvgIpc) is 3.44. The highest BCUT2D eigenvalue weighted by atomic mass is 16.5. The molecule has 1 aliphatic heterocycles. The summed E-state index contributed by atoms with van der Waals surface area (Å²) in [6.45, 7) is 0.172. The third-order valence-corrected chi connectivity index (χ3v) is 6.24. The lowest BCUT2D eigenvalue weighted by atomic mass is 10.0. The van der Waals surface area contributed by atoms with Gasteiger partial charge in [0, 0.05) is 25.0 Å². The monoisotopic (exact) mass is 480 g/mol. The highest BCUT2D eigenvalue weighted by Crippen LogP contribution is 2.28. The molecule has 0 saturated carbocycles. The number of imidazole rings is 1. The first kappa shape index (κ1) is 23.0. The quantitative estimate of drug-likeness (QED) is 0.407. The number of hydrogen-bond acceptors (Lipinski definition) is 5. The molecule has 36 heavy (non-hydrogen) atoms. The van der Waals surface area contributed by atoms with Gasteiger partial charge in [-0.15, -0.1) is 0 Å². The van der Waals surface area contributed by atoms with Crippen LogP contribution in [0.3, 0.4) is 0 Å². The predicted molar refractivity (Wildman–Crippen MR) is 133 cm³/mol. The van der Waals surface area contributed by atoms with Crippen molar-refractivity contribution in [3.63, 3.8) is 0 Å². The van der Waals surface area contributed by atoms with E-state index in [-0.39, 0.29) is 23.6 Å². The maximum Gasteiger partial charge on any atom is 0.261 e. The van der Waals surface area contributed by atoms with Crippen LogP contribution in [0.15, 0.2) is 85.2 Å². The van der Waals surface area contributed by atoms with Gasteiger partial charge in [-0.25, -0.2) is 4.98 Å². The van der Waals surface area contributed by atoms with Gasteiger partial charge in [-0.2, -0.15) is 0 Å². The maximum absolute atomic E-state index is 13.4. The van der Waals surface area contributed by atoms with Crippen molar-refractivity contribution < 1.29 is 19.1 Å². The third kappa shape index (κ3) is 4.24. The van der Waals surface area contributed by atoms with Crippen molar-refractivity contribution in [2.24, 2.45) is 7.05 Å². The first-order chi connectivity index (χ1) is 17.5. The first-order valence-corrected chi connectivity index (χ1v) is 11.4. The number of nitrogens with zero attached hydrogens (tertiary/aromatic N) is 3. The van der Waals surface area contributed by atoms with Gasteiger partial charge in [0.15, 0.2) is 0 Å². The summed E-state index contributed by atoms with van der Waals surface area (Å²) in [7, 11) is 3.43. The van der Waals surface area contributed by atoms with E-state index >= 15 is 0 Å². The van der Waals surface area contributed by atoms with Crippen LogP contribution < -0.4 is 10.1 Å². The Kier molecular flexibility index (Phi) is 6.08. The number of nitrogens with one attached hydrogen (secondary N) is 1. The van der Waals surface area contributed by atoms with Gasteiger partial charge in [0.05, 0.1) is 24.8 Å². The summed E-state index contributed by atoms with van der Waals surface area (Å²) in [5.74, 6) is 0.115. The molecule has 180 valence electrons. The molecule has 1 unspecified atom stereocenters. The van der Waals surface area contributed by atoms with Crippen molar-refractivity contribution in [2.75, 3.05) is 7.11 Å². The molecule has 0 fully saturated rings. The first-order valence-electron chi connectivity index (χ1n) is 11.4. The molecule has 0 saturated heterocycles. The number of methoxy groups -OCH3 is 1. The van der Waals surface area contributed by atoms with Crippen molar-refractivity contribution in [3.05, 3.63) is 119 Å². The molecule has 0 radical (unpaired) electrons. The number of ether oxygens (including phenoxy) is 1. The second-order valence-corrected chi connectivity index (χ2v) is 8.52. The molecule has 3 amide bonds. The number of carbonyl (C=O) groups excluding carboxylic acids is 3. The summed E-state index contributed by atoms with van der Waals surface area (Å²) in [5.41, 5.74) is 2.43. The smallest absolute Gasteiger partial charge is 0.261 e. The Morgan fingerprint density at radius 3 is 2.47 bits per heavy atom. The van der Waals surface area contributed by atoms with Crippen molar-refractivity contribution in [1.29, 1.82) is 0 Å². The highest BCUT2D eigenvalue weighted by molar-refractivity contribution is 6.22. The van der Waals surface area contributed by atoms with Gasteiger partial charge in [-0.05, 0) is 41.5 Å². The van der Waals surface area contributed by atoms with Crippen LogP contribution in [0, 0.1) is 0 Å². The number of rotatable bonds is 7. The van der Waals surface area contributed by atoms with Crippen LogP contribution in [0.25, 0.3) is 0 Å². The number of hydrogen-bond donors (Lipinski definition) is 1. The van der Waals surface area contributed by atoms with E-state index in [2.05, 4.69) is 10.3 Å². The molecule has 1 atom stereocenters. The van der Waals surface area contributed by atoms with Crippen LogP contribution in [-0.4, -0.2) is 39.3 Å². The van der Waals surface area contributed by atoms with E-state index in [0.29, 0.717) is 17.1 Å². The molecule has 0 bridgehead atoms. The Balaban J connectivity index is 1.42. The highest BCUT2D eigenvalue weighted by Gasteiger charge is 2.36. The van der Waals surface area contributed by atoms with E-state index < -0.39 is 17.9 Å². The number of carbonyl (C=O) groups is 3. The summed E-state index contributed by atoms with van der Waals surface area (Å²) in [5, 5.41) is 3.02. The van der Waals surface area contributed by atoms with E-state index in [1.165, 1.54) is 17.0 Å². The second-order valence-electron chi connectivity index (χ2n) is 8.52. The molecule has 1 aromatic heterocycles. The second kappa shape index (κ2) is 9.50. The van der Waals surface area contributed by atoms with E-state index in [1.54, 1.807) is 25.6 Å². The number of fused-ring (bicyclic) bond motifs is 1. The average molecular weight is 481 g/mol. The zero-order valence-corrected chi connectivity index (χ0v) is 19.8. The molecular formula is C28H24N4O4. The Bertz CT molecular complexity index is 1460. The fraction of sp³-hybridized carbons (Fsp3) is 0.143. The van der Waals surface area contributed by atoms with Crippen LogP contribution in [-0.2, 0) is 13.6 Å². The molecule has 0 spiro atoms. The van der Waals surface area contributed by atoms with Gasteiger partial charge >= 0.3 is 0 Å². The molecular weight excluding hydrogens is 456 g/mol. The van der Waals surface area contributed by atoms with Crippen LogP contribution >= 0.6 is 0 Å². The van der Waals surface area contributed by atoms with E-state index in [4.69, 9.17) is 4.74 Å². The standard InChI is InChI=1S/C28H24N4O4/c1-31-14-13-29-25(31)24(19-9-6-10-21(15-19)36-2)30-26(33)20-11-12-22-23(16-20)28(35)32(27(22)34)17-18-7-4-3-5-8-18/h3-16,24H,17H2,1-2H3,(H,30,33). The van der Waals surface area contributed by atoms with Gasteiger partial charge in [-0.1, -0.05) is 42.5 Å². The van der Waals surface area contributed by atoms with E-state index in [1.807, 2.05) is 66.2 Å². The molecule has 4 aromatic rings. The van der Waals surface area contributed by atoms with Crippen molar-refractivity contribution >= 4 is 17.7 Å². The fourth-order valence-corrected chi connectivity index (χ4v) is 4.33. The van der Waals surface area contributed by atoms with E-state index in [0.717, 1.165) is 11.1 Å². The van der Waals surface area contributed by atoms with Crippen molar-refractivity contribution in [3.8, 4) is 5.75 Å². The minimum Gasteiger partial charge on any atom is -0.497 e. The van der Waals surface area contributed by atoms with Crippen LogP contribution in [0.2, 0.25) is 0 Å². The van der Waals surface area contributed by atoms with Crippen molar-refractivity contribution in [1.82, 2.24) is 19.8 Å². The summed E-state index contributed by atoms with van der Waals surface area (Å²) in [6.07, 6.45) is 3.46. The Morgan fingerprint density at radius 2 is 1.75 bits per heavy atom. The van der Waals surface area contributed by atoms with Gasteiger partial charge < -0.3 is 14.6 Å². The molecule has 8 heteroatoms. The summed E-state index contributed by atoms with van der Waals surface area (Å²) in [4.78, 5) is 45.0. The minimum atomic E-state index is -0.562. The van der Waals surface area contributed by atoms with Gasteiger partial charge in [0.25, 0.3) is 17.7 Å². The lowest BCUT2D eigenvalue weighted by molar-refractivity contribution is 0.0642. The largest absolute Gasteiger partial charge is 0.497 e. The lowest BCUT2D eigenvalue weighted by Gasteiger charge is -2.20. The summed E-state index contributed by atoms with van der Waals surface area (Å²) < 4.78 is 7.18. The molecule has 1 N–H and O–H groups in total. The Hall–Kier alpha value is -4.72. The molecule has 8 nitrogen and oxygen atoms in total. The normalized spacial score (nSPS) is 13.4. The third-order valence-electron chi connectivity index (χ3n) is 6.24. The van der Waals surface area contributed by atoms with Crippen LogP contribution in [0.1, 0.15) is 54.1 Å². The SMILES string of the molecule is COc1cccc(C(NC(=O)c2ccc3c(c2)C(=O)N(Cc2ccccc2)C3=O)c2nccn2C)c1.